The van der Waals surface area contributed by atoms with E-state index in [1.165, 1.54) is 22.7 Å². The monoisotopic (exact) mass is 372 g/mol. The van der Waals surface area contributed by atoms with Crippen molar-refractivity contribution in [2.75, 3.05) is 12.4 Å². The molecule has 0 spiro atoms. The molecule has 0 atom stereocenters. The Balaban J connectivity index is 1.55. The normalized spacial score (nSPS) is 10.4. The van der Waals surface area contributed by atoms with Crippen LogP contribution >= 0.6 is 22.7 Å². The van der Waals surface area contributed by atoms with Crippen LogP contribution in [0.3, 0.4) is 0 Å². The molecule has 1 aromatic carbocycles. The molecule has 0 saturated heterocycles. The van der Waals surface area contributed by atoms with Crippen molar-refractivity contribution in [2.45, 2.75) is 12.8 Å². The third kappa shape index (κ3) is 4.52. The van der Waals surface area contributed by atoms with Crippen molar-refractivity contribution < 1.29 is 14.3 Å². The van der Waals surface area contributed by atoms with Crippen molar-refractivity contribution in [3.63, 3.8) is 0 Å². The molecular weight excluding hydrogens is 356 g/mol. The molecule has 0 aliphatic rings. The van der Waals surface area contributed by atoms with Crippen LogP contribution in [0.1, 0.15) is 22.5 Å². The first-order chi connectivity index (χ1) is 12.2. The molecule has 0 bridgehead atoms. The molecule has 3 rings (SSSR count). The molecule has 0 fully saturated rings. The minimum atomic E-state index is -0.208. The summed E-state index contributed by atoms with van der Waals surface area (Å²) in [6.07, 6.45) is 0.344. The summed E-state index contributed by atoms with van der Waals surface area (Å²) in [6, 6.07) is 11.2. The lowest BCUT2D eigenvalue weighted by Crippen LogP contribution is -2.13. The molecule has 0 unspecified atom stereocenters. The Hall–Kier alpha value is -2.51. The van der Waals surface area contributed by atoms with E-state index in [1.54, 1.807) is 13.2 Å². The molecule has 7 heteroatoms. The third-order valence-corrected chi connectivity index (χ3v) is 5.18. The number of Topliss-reactive ketones (excluding diaryl/α,β-unsaturated/α-hetero) is 1. The number of rotatable bonds is 7. The van der Waals surface area contributed by atoms with Gasteiger partial charge in [-0.1, -0.05) is 6.07 Å². The van der Waals surface area contributed by atoms with Crippen LogP contribution in [0, 0.1) is 0 Å². The lowest BCUT2D eigenvalue weighted by atomic mass is 10.2. The topological polar surface area (TPSA) is 68.3 Å². The van der Waals surface area contributed by atoms with Crippen molar-refractivity contribution in [1.82, 2.24) is 4.98 Å². The number of carbonyl (C=O) groups is 2. The lowest BCUT2D eigenvalue weighted by molar-refractivity contribution is -0.116. The van der Waals surface area contributed by atoms with Crippen LogP contribution in [0.25, 0.3) is 11.3 Å². The van der Waals surface area contributed by atoms with Crippen molar-refractivity contribution in [3.8, 4) is 17.0 Å². The summed E-state index contributed by atoms with van der Waals surface area (Å²) in [5.74, 6) is 0.562. The second-order valence-corrected chi connectivity index (χ2v) is 7.02. The number of nitrogens with zero attached hydrogens (tertiary/aromatic N) is 1. The van der Waals surface area contributed by atoms with Crippen molar-refractivity contribution in [2.24, 2.45) is 0 Å². The highest BCUT2D eigenvalue weighted by Gasteiger charge is 2.12. The standard InChI is InChI=1S/C18H16N2O3S2/c1-23-13-6-4-12(5-7-13)14-11-25-18(19-14)20-17(22)9-8-15(21)16-3-2-10-24-16/h2-7,10-11H,8-9H2,1H3,(H,19,20,22). The van der Waals surface area contributed by atoms with Gasteiger partial charge in [-0.15, -0.1) is 22.7 Å². The second kappa shape index (κ2) is 8.04. The van der Waals surface area contributed by atoms with Crippen LogP contribution in [0.4, 0.5) is 5.13 Å². The summed E-state index contributed by atoms with van der Waals surface area (Å²) in [5.41, 5.74) is 1.74. The van der Waals surface area contributed by atoms with E-state index in [4.69, 9.17) is 4.74 Å². The zero-order valence-corrected chi connectivity index (χ0v) is 15.2. The minimum Gasteiger partial charge on any atom is -0.497 e. The van der Waals surface area contributed by atoms with E-state index in [2.05, 4.69) is 10.3 Å². The number of hydrogen-bond acceptors (Lipinski definition) is 6. The average Bonchev–Trinajstić information content (AvgIpc) is 3.32. The molecule has 1 N–H and O–H groups in total. The van der Waals surface area contributed by atoms with Gasteiger partial charge in [-0.3, -0.25) is 9.59 Å². The number of thiophene rings is 1. The largest absolute Gasteiger partial charge is 0.497 e. The summed E-state index contributed by atoms with van der Waals surface area (Å²) >= 11 is 2.75. The first kappa shape index (κ1) is 17.3. The number of nitrogens with one attached hydrogen (secondary N) is 1. The number of benzene rings is 1. The van der Waals surface area contributed by atoms with Gasteiger partial charge in [0.25, 0.3) is 0 Å². The van der Waals surface area contributed by atoms with Crippen LogP contribution in [0.2, 0.25) is 0 Å². The third-order valence-electron chi connectivity index (χ3n) is 3.51. The van der Waals surface area contributed by atoms with Crippen LogP contribution in [-0.2, 0) is 4.79 Å². The Kier molecular flexibility index (Phi) is 5.57. The predicted molar refractivity (Wildman–Crippen MR) is 101 cm³/mol. The van der Waals surface area contributed by atoms with Gasteiger partial charge in [0.15, 0.2) is 10.9 Å². The van der Waals surface area contributed by atoms with Crippen LogP contribution < -0.4 is 10.1 Å². The van der Waals surface area contributed by atoms with Gasteiger partial charge >= 0.3 is 0 Å². The molecule has 1 amide bonds. The Bertz CT molecular complexity index is 855. The quantitative estimate of drug-likeness (QED) is 0.621. The van der Waals surface area contributed by atoms with Gasteiger partial charge in [-0.2, -0.15) is 0 Å². The highest BCUT2D eigenvalue weighted by molar-refractivity contribution is 7.14. The molecule has 3 aromatic rings. The highest BCUT2D eigenvalue weighted by Crippen LogP contribution is 2.26. The van der Waals surface area contributed by atoms with Gasteiger partial charge < -0.3 is 10.1 Å². The van der Waals surface area contributed by atoms with Crippen molar-refractivity contribution in [1.29, 1.82) is 0 Å². The molecule has 0 aliphatic heterocycles. The molecule has 128 valence electrons. The highest BCUT2D eigenvalue weighted by atomic mass is 32.1. The summed E-state index contributed by atoms with van der Waals surface area (Å²) < 4.78 is 5.13. The van der Waals surface area contributed by atoms with Gasteiger partial charge in [-0.25, -0.2) is 4.98 Å². The molecule has 25 heavy (non-hydrogen) atoms. The van der Waals surface area contributed by atoms with Crippen LogP contribution in [0.5, 0.6) is 5.75 Å². The van der Waals surface area contributed by atoms with Gasteiger partial charge in [0.05, 0.1) is 17.7 Å². The van der Waals surface area contributed by atoms with Crippen LogP contribution in [0.15, 0.2) is 47.2 Å². The zero-order chi connectivity index (χ0) is 17.6. The zero-order valence-electron chi connectivity index (χ0n) is 13.5. The minimum absolute atomic E-state index is 0.0109. The number of ketones is 1. The van der Waals surface area contributed by atoms with E-state index in [0.717, 1.165) is 17.0 Å². The maximum atomic E-state index is 12.0. The summed E-state index contributed by atoms with van der Waals surface area (Å²) in [4.78, 5) is 29.0. The smallest absolute Gasteiger partial charge is 0.226 e. The van der Waals surface area contributed by atoms with Gasteiger partial charge in [0.2, 0.25) is 5.91 Å². The summed E-state index contributed by atoms with van der Waals surface area (Å²) in [5, 5.41) is 7.01. The number of carbonyl (C=O) groups excluding carboxylic acids is 2. The summed E-state index contributed by atoms with van der Waals surface area (Å²) in [6.45, 7) is 0. The first-order valence-corrected chi connectivity index (χ1v) is 9.38. The number of amides is 1. The number of ether oxygens (including phenoxy) is 1. The molecule has 0 saturated carbocycles. The molecular formula is C18H16N2O3S2. The van der Waals surface area contributed by atoms with Gasteiger partial charge in [0, 0.05) is 23.8 Å². The van der Waals surface area contributed by atoms with E-state index in [9.17, 15) is 9.59 Å². The van der Waals surface area contributed by atoms with E-state index < -0.39 is 0 Å². The Morgan fingerprint density at radius 3 is 2.60 bits per heavy atom. The van der Waals surface area contributed by atoms with E-state index in [-0.39, 0.29) is 24.5 Å². The SMILES string of the molecule is COc1ccc(-c2csc(NC(=O)CCC(=O)c3cccs3)n2)cc1. The van der Waals surface area contributed by atoms with Crippen LogP contribution in [-0.4, -0.2) is 23.8 Å². The fourth-order valence-electron chi connectivity index (χ4n) is 2.19. The fraction of sp³-hybridized carbons (Fsp3) is 0.167. The van der Waals surface area contributed by atoms with Gasteiger partial charge in [-0.05, 0) is 35.7 Å². The maximum absolute atomic E-state index is 12.0. The maximum Gasteiger partial charge on any atom is 0.226 e. The van der Waals surface area contributed by atoms with Crippen molar-refractivity contribution in [3.05, 3.63) is 52.0 Å². The predicted octanol–water partition coefficient (Wildman–Crippen LogP) is 4.48. The molecule has 2 aromatic heterocycles. The second-order valence-electron chi connectivity index (χ2n) is 5.22. The first-order valence-electron chi connectivity index (χ1n) is 7.62. The number of hydrogen-bond donors (Lipinski definition) is 1. The number of aromatic nitrogens is 1. The number of anilines is 1. The molecule has 0 aliphatic carbocycles. The number of methoxy groups -OCH3 is 1. The number of thiazole rings is 1. The molecule has 5 nitrogen and oxygen atoms in total. The Labute approximate surface area is 153 Å². The van der Waals surface area contributed by atoms with Crippen molar-refractivity contribution >= 4 is 39.5 Å². The Morgan fingerprint density at radius 2 is 1.92 bits per heavy atom. The van der Waals surface area contributed by atoms with E-state index in [1.807, 2.05) is 41.1 Å². The average molecular weight is 372 g/mol. The fourth-order valence-corrected chi connectivity index (χ4v) is 3.63. The van der Waals surface area contributed by atoms with Gasteiger partial charge in [0.1, 0.15) is 5.75 Å². The molecule has 2 heterocycles. The summed E-state index contributed by atoms with van der Waals surface area (Å²) in [7, 11) is 1.62. The van der Waals surface area contributed by atoms with E-state index in [0.29, 0.717) is 10.0 Å². The Morgan fingerprint density at radius 1 is 1.12 bits per heavy atom. The molecule has 0 radical (unpaired) electrons. The van der Waals surface area contributed by atoms with E-state index >= 15 is 0 Å². The lowest BCUT2D eigenvalue weighted by Gasteiger charge is -2.02.